The lowest BCUT2D eigenvalue weighted by atomic mass is 10.0. The van der Waals surface area contributed by atoms with Crippen molar-refractivity contribution in [1.29, 1.82) is 0 Å². The Labute approximate surface area is 258 Å². The third-order valence-electron chi connectivity index (χ3n) is 6.10. The van der Waals surface area contributed by atoms with Gasteiger partial charge in [-0.2, -0.15) is 0 Å². The fourth-order valence-electron chi connectivity index (χ4n) is 4.05. The number of carbonyl (C=O) groups is 5. The summed E-state index contributed by atoms with van der Waals surface area (Å²) in [5.41, 5.74) is 0.702. The summed E-state index contributed by atoms with van der Waals surface area (Å²) in [6.45, 7) is 8.43. The van der Waals surface area contributed by atoms with Gasteiger partial charge in [0, 0.05) is 6.42 Å². The molecule has 12 heteroatoms. The van der Waals surface area contributed by atoms with Gasteiger partial charge < -0.3 is 35.5 Å². The first-order valence-electron chi connectivity index (χ1n) is 14.4. The first-order valence-corrected chi connectivity index (χ1v) is 14.4. The van der Waals surface area contributed by atoms with Crippen LogP contribution in [-0.2, 0) is 41.6 Å². The molecule has 3 atom stereocenters. The SMILES string of the molecule is COC(=O)[C@H](CC(C)C)NC(=O)[C@H](CNC(=O)OC(C)(C)C)NC(=O)[C@H](Cc1ccccc1)NC(=O)OCc1ccccc1. The fourth-order valence-corrected chi connectivity index (χ4v) is 4.05. The number of rotatable bonds is 14. The lowest BCUT2D eigenvalue weighted by Crippen LogP contribution is -2.59. The van der Waals surface area contributed by atoms with Gasteiger partial charge in [-0.25, -0.2) is 14.4 Å². The highest BCUT2D eigenvalue weighted by atomic mass is 16.6. The van der Waals surface area contributed by atoms with Crippen LogP contribution in [0.4, 0.5) is 9.59 Å². The summed E-state index contributed by atoms with van der Waals surface area (Å²) >= 11 is 0. The molecule has 0 saturated carbocycles. The van der Waals surface area contributed by atoms with Gasteiger partial charge in [-0.3, -0.25) is 9.59 Å². The zero-order chi connectivity index (χ0) is 32.7. The van der Waals surface area contributed by atoms with Crippen LogP contribution in [0.15, 0.2) is 60.7 Å². The number of hydrogen-bond donors (Lipinski definition) is 4. The molecule has 12 nitrogen and oxygen atoms in total. The second kappa shape index (κ2) is 17.5. The van der Waals surface area contributed by atoms with Gasteiger partial charge in [0.1, 0.15) is 30.3 Å². The van der Waals surface area contributed by atoms with Crippen molar-refractivity contribution in [2.45, 2.75) is 77.8 Å². The molecule has 0 aliphatic heterocycles. The number of alkyl carbamates (subject to hydrolysis) is 2. The molecule has 2 aromatic rings. The van der Waals surface area contributed by atoms with Crippen LogP contribution in [0, 0.1) is 5.92 Å². The Morgan fingerprint density at radius 1 is 0.727 bits per heavy atom. The molecule has 0 saturated heterocycles. The van der Waals surface area contributed by atoms with E-state index >= 15 is 0 Å². The quantitative estimate of drug-likeness (QED) is 0.187. The molecular weight excluding hydrogens is 568 g/mol. The minimum atomic E-state index is -1.34. The summed E-state index contributed by atoms with van der Waals surface area (Å²) < 4.78 is 15.4. The minimum Gasteiger partial charge on any atom is -0.467 e. The van der Waals surface area contributed by atoms with Gasteiger partial charge in [-0.05, 0) is 44.2 Å². The maximum atomic E-state index is 13.6. The lowest BCUT2D eigenvalue weighted by Gasteiger charge is -2.26. The van der Waals surface area contributed by atoms with Crippen molar-refractivity contribution < 1.29 is 38.2 Å². The van der Waals surface area contributed by atoms with E-state index in [-0.39, 0.29) is 31.9 Å². The maximum Gasteiger partial charge on any atom is 0.408 e. The topological polar surface area (TPSA) is 161 Å². The normalized spacial score (nSPS) is 13.1. The van der Waals surface area contributed by atoms with Crippen molar-refractivity contribution in [3.8, 4) is 0 Å². The highest BCUT2D eigenvalue weighted by molar-refractivity contribution is 5.93. The Balaban J connectivity index is 2.25. The van der Waals surface area contributed by atoms with Crippen LogP contribution in [0.5, 0.6) is 0 Å². The van der Waals surface area contributed by atoms with Crippen molar-refractivity contribution >= 4 is 30.0 Å². The van der Waals surface area contributed by atoms with Crippen molar-refractivity contribution in [3.05, 3.63) is 71.8 Å². The Morgan fingerprint density at radius 3 is 1.82 bits per heavy atom. The van der Waals surface area contributed by atoms with Gasteiger partial charge in [-0.15, -0.1) is 0 Å². The zero-order valence-electron chi connectivity index (χ0n) is 26.2. The van der Waals surface area contributed by atoms with Crippen LogP contribution >= 0.6 is 0 Å². The van der Waals surface area contributed by atoms with E-state index in [0.717, 1.165) is 11.1 Å². The average molecular weight is 613 g/mol. The number of hydrogen-bond acceptors (Lipinski definition) is 8. The van der Waals surface area contributed by atoms with Crippen LogP contribution in [0.1, 0.15) is 52.2 Å². The summed E-state index contributed by atoms with van der Waals surface area (Å²) in [6.07, 6.45) is -1.27. The molecule has 4 amide bonds. The molecule has 0 unspecified atom stereocenters. The van der Waals surface area contributed by atoms with Crippen LogP contribution in [0.2, 0.25) is 0 Å². The summed E-state index contributed by atoms with van der Waals surface area (Å²) in [5, 5.41) is 10.3. The van der Waals surface area contributed by atoms with E-state index in [9.17, 15) is 24.0 Å². The Kier molecular flexibility index (Phi) is 14.1. The van der Waals surface area contributed by atoms with E-state index in [2.05, 4.69) is 21.3 Å². The monoisotopic (exact) mass is 612 g/mol. The molecule has 0 spiro atoms. The Morgan fingerprint density at radius 2 is 1.27 bits per heavy atom. The van der Waals surface area contributed by atoms with Crippen molar-refractivity contribution in [2.75, 3.05) is 13.7 Å². The number of benzene rings is 2. The van der Waals surface area contributed by atoms with Gasteiger partial charge >= 0.3 is 18.2 Å². The standard InChI is InChI=1S/C32H44N4O8/c1-21(2)17-25(29(39)42-6)34-28(38)26(19-33-30(40)44-32(3,4)5)35-27(37)24(18-22-13-9-7-10-14-22)36-31(41)43-20-23-15-11-8-12-16-23/h7-16,21,24-26H,17-20H2,1-6H3,(H,33,40)(H,34,38)(H,35,37)(H,36,41)/t24-,25-,26-/m0/s1. The van der Waals surface area contributed by atoms with Crippen molar-refractivity contribution in [1.82, 2.24) is 21.3 Å². The highest BCUT2D eigenvalue weighted by Crippen LogP contribution is 2.09. The van der Waals surface area contributed by atoms with Crippen molar-refractivity contribution in [2.24, 2.45) is 5.92 Å². The Hall–Kier alpha value is -4.61. The highest BCUT2D eigenvalue weighted by Gasteiger charge is 2.31. The zero-order valence-corrected chi connectivity index (χ0v) is 26.2. The van der Waals surface area contributed by atoms with Crippen molar-refractivity contribution in [3.63, 3.8) is 0 Å². The predicted molar refractivity (Wildman–Crippen MR) is 163 cm³/mol. The van der Waals surface area contributed by atoms with E-state index in [1.54, 1.807) is 57.2 Å². The molecule has 0 aliphatic rings. The maximum absolute atomic E-state index is 13.6. The van der Waals surface area contributed by atoms with Crippen LogP contribution in [0.25, 0.3) is 0 Å². The second-order valence-corrected chi connectivity index (χ2v) is 11.6. The smallest absolute Gasteiger partial charge is 0.408 e. The molecule has 0 radical (unpaired) electrons. The first kappa shape index (κ1) is 35.6. The molecule has 0 heterocycles. The molecule has 44 heavy (non-hydrogen) atoms. The van der Waals surface area contributed by atoms with E-state index in [1.165, 1.54) is 7.11 Å². The molecule has 2 rings (SSSR count). The summed E-state index contributed by atoms with van der Waals surface area (Å²) in [4.78, 5) is 64.5. The number of nitrogens with one attached hydrogen (secondary N) is 4. The van der Waals surface area contributed by atoms with E-state index in [4.69, 9.17) is 14.2 Å². The lowest BCUT2D eigenvalue weighted by molar-refractivity contribution is -0.145. The number of methoxy groups -OCH3 is 1. The van der Waals surface area contributed by atoms with Crippen LogP contribution in [0.3, 0.4) is 0 Å². The molecular formula is C32H44N4O8. The molecule has 0 aliphatic carbocycles. The number of amides is 4. The molecule has 4 N–H and O–H groups in total. The molecule has 240 valence electrons. The largest absolute Gasteiger partial charge is 0.467 e. The second-order valence-electron chi connectivity index (χ2n) is 11.6. The number of ether oxygens (including phenoxy) is 3. The van der Waals surface area contributed by atoms with E-state index in [0.29, 0.717) is 0 Å². The van der Waals surface area contributed by atoms with Gasteiger partial charge in [0.25, 0.3) is 0 Å². The summed E-state index contributed by atoms with van der Waals surface area (Å²) in [7, 11) is 1.21. The molecule has 0 fully saturated rings. The summed E-state index contributed by atoms with van der Waals surface area (Å²) in [6, 6.07) is 14.6. The fraction of sp³-hybridized carbons (Fsp3) is 0.469. The Bertz CT molecular complexity index is 1230. The number of carbonyl (C=O) groups excluding carboxylic acids is 5. The first-order chi connectivity index (χ1) is 20.8. The van der Waals surface area contributed by atoms with Crippen LogP contribution in [-0.4, -0.2) is 67.4 Å². The number of esters is 1. The van der Waals surface area contributed by atoms with Gasteiger partial charge in [-0.1, -0.05) is 74.5 Å². The molecule has 0 bridgehead atoms. The third kappa shape index (κ3) is 13.6. The molecule has 2 aromatic carbocycles. The molecule has 0 aromatic heterocycles. The van der Waals surface area contributed by atoms with Crippen LogP contribution < -0.4 is 21.3 Å². The average Bonchev–Trinajstić information content (AvgIpc) is 2.96. The van der Waals surface area contributed by atoms with E-state index in [1.807, 2.05) is 38.1 Å². The van der Waals surface area contributed by atoms with Gasteiger partial charge in [0.2, 0.25) is 11.8 Å². The van der Waals surface area contributed by atoms with E-state index < -0.39 is 53.7 Å². The van der Waals surface area contributed by atoms with Gasteiger partial charge in [0.15, 0.2) is 0 Å². The third-order valence-corrected chi connectivity index (χ3v) is 6.10. The van der Waals surface area contributed by atoms with Gasteiger partial charge in [0.05, 0.1) is 13.7 Å². The predicted octanol–water partition coefficient (Wildman–Crippen LogP) is 3.24. The summed E-state index contributed by atoms with van der Waals surface area (Å²) in [5.74, 6) is -2.07. The minimum absolute atomic E-state index is 0.0119.